The quantitative estimate of drug-likeness (QED) is 0.219. The second-order valence-corrected chi connectivity index (χ2v) is 11.4. The number of anilines is 3. The molecule has 0 saturated carbocycles. The number of para-hydroxylation sites is 1. The molecule has 6 aromatic carbocycles. The Balaban J connectivity index is 1.43. The van der Waals surface area contributed by atoms with Crippen LogP contribution in [0.25, 0.3) is 60.5 Å². The largest absolute Gasteiger partial charge is 0.309 e. The van der Waals surface area contributed by atoms with Crippen LogP contribution in [0.4, 0.5) is 17.2 Å². The number of rotatable bonds is 3. The predicted molar refractivity (Wildman–Crippen MR) is 180 cm³/mol. The Morgan fingerprint density at radius 2 is 1.30 bits per heavy atom. The number of pyridine rings is 1. The molecule has 0 bridgehead atoms. The van der Waals surface area contributed by atoms with Crippen molar-refractivity contribution in [3.05, 3.63) is 151 Å². The Labute approximate surface area is 249 Å². The Morgan fingerprint density at radius 3 is 2.12 bits per heavy atom. The van der Waals surface area contributed by atoms with Gasteiger partial charge in [0.25, 0.3) is 0 Å². The average Bonchev–Trinajstić information content (AvgIpc) is 3.37. The zero-order valence-electron chi connectivity index (χ0n) is 23.7. The lowest BCUT2D eigenvalue weighted by molar-refractivity contribution is 1.16. The van der Waals surface area contributed by atoms with Crippen molar-refractivity contribution in [2.75, 3.05) is 4.90 Å². The molecule has 202 valence electrons. The number of aromatic nitrogens is 2. The second kappa shape index (κ2) is 9.17. The SMILES string of the molecule is Cc1ccnc(N2c3cc4c(cc3-c3cccc5cccc2c35)c2cc(-c3ccccc3)ccc2n4-c2ccccc2)c1. The van der Waals surface area contributed by atoms with Crippen molar-refractivity contribution in [1.82, 2.24) is 9.55 Å². The minimum atomic E-state index is 0.927. The van der Waals surface area contributed by atoms with Crippen LogP contribution in [0.2, 0.25) is 0 Å². The highest BCUT2D eigenvalue weighted by Crippen LogP contribution is 2.52. The van der Waals surface area contributed by atoms with Gasteiger partial charge < -0.3 is 4.57 Å². The van der Waals surface area contributed by atoms with Gasteiger partial charge in [-0.25, -0.2) is 4.98 Å². The Morgan fingerprint density at radius 1 is 0.535 bits per heavy atom. The van der Waals surface area contributed by atoms with Crippen LogP contribution >= 0.6 is 0 Å². The van der Waals surface area contributed by atoms with Gasteiger partial charge in [0.15, 0.2) is 0 Å². The van der Waals surface area contributed by atoms with E-state index >= 15 is 0 Å². The Hall–Kier alpha value is -5.67. The molecule has 1 aliphatic rings. The van der Waals surface area contributed by atoms with E-state index in [1.807, 2.05) is 6.20 Å². The molecule has 3 heterocycles. The normalized spacial score (nSPS) is 12.3. The van der Waals surface area contributed by atoms with Crippen molar-refractivity contribution in [3.8, 4) is 27.9 Å². The first-order valence-electron chi connectivity index (χ1n) is 14.7. The topological polar surface area (TPSA) is 21.1 Å². The first-order chi connectivity index (χ1) is 21.2. The van der Waals surface area contributed by atoms with Crippen molar-refractivity contribution in [3.63, 3.8) is 0 Å². The zero-order valence-corrected chi connectivity index (χ0v) is 23.7. The number of hydrogen-bond acceptors (Lipinski definition) is 2. The van der Waals surface area contributed by atoms with Crippen molar-refractivity contribution < 1.29 is 0 Å². The fraction of sp³-hybridized carbons (Fsp3) is 0.0250. The molecular formula is C40H27N3. The van der Waals surface area contributed by atoms with Crippen molar-refractivity contribution >= 4 is 49.8 Å². The lowest BCUT2D eigenvalue weighted by Gasteiger charge is -2.33. The van der Waals surface area contributed by atoms with Crippen LogP contribution in [0.5, 0.6) is 0 Å². The maximum Gasteiger partial charge on any atom is 0.137 e. The highest BCUT2D eigenvalue weighted by molar-refractivity contribution is 6.19. The number of benzene rings is 6. The monoisotopic (exact) mass is 549 g/mol. The summed E-state index contributed by atoms with van der Waals surface area (Å²) in [6, 6.07) is 50.5. The van der Waals surface area contributed by atoms with E-state index in [2.05, 4.69) is 156 Å². The van der Waals surface area contributed by atoms with Crippen LogP contribution in [0.1, 0.15) is 5.56 Å². The first kappa shape index (κ1) is 24.0. The molecule has 0 amide bonds. The van der Waals surface area contributed by atoms with Gasteiger partial charge >= 0.3 is 0 Å². The van der Waals surface area contributed by atoms with Gasteiger partial charge in [-0.2, -0.15) is 0 Å². The van der Waals surface area contributed by atoms with Crippen LogP contribution in [0.15, 0.2) is 146 Å². The van der Waals surface area contributed by atoms with E-state index in [0.717, 1.165) is 22.9 Å². The van der Waals surface area contributed by atoms with E-state index in [-0.39, 0.29) is 0 Å². The highest BCUT2D eigenvalue weighted by atomic mass is 15.2. The summed E-state index contributed by atoms with van der Waals surface area (Å²) in [7, 11) is 0. The molecule has 3 heteroatoms. The smallest absolute Gasteiger partial charge is 0.137 e. The summed E-state index contributed by atoms with van der Waals surface area (Å²) in [6.07, 6.45) is 1.91. The van der Waals surface area contributed by atoms with E-state index < -0.39 is 0 Å². The first-order valence-corrected chi connectivity index (χ1v) is 14.7. The number of aryl methyl sites for hydroxylation is 1. The molecule has 9 rings (SSSR count). The highest BCUT2D eigenvalue weighted by Gasteiger charge is 2.28. The minimum absolute atomic E-state index is 0.927. The zero-order chi connectivity index (χ0) is 28.5. The van der Waals surface area contributed by atoms with Crippen LogP contribution in [-0.4, -0.2) is 9.55 Å². The summed E-state index contributed by atoms with van der Waals surface area (Å²) in [4.78, 5) is 7.24. The summed E-state index contributed by atoms with van der Waals surface area (Å²) in [5.74, 6) is 0.927. The van der Waals surface area contributed by atoms with Crippen molar-refractivity contribution in [1.29, 1.82) is 0 Å². The van der Waals surface area contributed by atoms with Gasteiger partial charge in [-0.05, 0) is 89.2 Å². The molecule has 0 spiro atoms. The number of fused-ring (bicyclic) bond motifs is 5. The Bertz CT molecular complexity index is 2350. The lowest BCUT2D eigenvalue weighted by atomic mass is 9.90. The fourth-order valence-corrected chi connectivity index (χ4v) is 6.87. The lowest BCUT2D eigenvalue weighted by Crippen LogP contribution is -2.16. The van der Waals surface area contributed by atoms with Gasteiger partial charge in [0.2, 0.25) is 0 Å². The molecule has 0 aliphatic carbocycles. The summed E-state index contributed by atoms with van der Waals surface area (Å²) in [5, 5.41) is 4.98. The second-order valence-electron chi connectivity index (χ2n) is 11.4. The van der Waals surface area contributed by atoms with Gasteiger partial charge in [-0.15, -0.1) is 0 Å². The van der Waals surface area contributed by atoms with Crippen LogP contribution in [0, 0.1) is 6.92 Å². The minimum Gasteiger partial charge on any atom is -0.309 e. The maximum absolute atomic E-state index is 4.89. The molecule has 0 atom stereocenters. The third kappa shape index (κ3) is 3.58. The molecule has 1 aliphatic heterocycles. The molecule has 0 saturated heterocycles. The van der Waals surface area contributed by atoms with Crippen LogP contribution in [-0.2, 0) is 0 Å². The molecule has 0 radical (unpaired) electrons. The summed E-state index contributed by atoms with van der Waals surface area (Å²) in [6.45, 7) is 2.13. The third-order valence-electron chi connectivity index (χ3n) is 8.79. The summed E-state index contributed by atoms with van der Waals surface area (Å²) in [5.41, 5.74) is 11.9. The number of hydrogen-bond donors (Lipinski definition) is 0. The standard InChI is InChI=1S/C40H27N3/c1-26-20-21-41-39(22-26)43-36-17-9-13-28-12-8-16-31(40(28)36)33-24-34-32-23-29(27-10-4-2-5-11-27)18-19-35(32)42(37(34)25-38(33)43)30-14-6-3-7-15-30/h2-25H,1H3. The van der Waals surface area contributed by atoms with Gasteiger partial charge in [0.05, 0.1) is 22.4 Å². The van der Waals surface area contributed by atoms with Crippen LogP contribution in [0.3, 0.4) is 0 Å². The van der Waals surface area contributed by atoms with Gasteiger partial charge in [-0.1, -0.05) is 84.9 Å². The number of nitrogens with zero attached hydrogens (tertiary/aromatic N) is 3. The molecule has 8 aromatic rings. The molecule has 43 heavy (non-hydrogen) atoms. The van der Waals surface area contributed by atoms with Crippen molar-refractivity contribution in [2.45, 2.75) is 6.92 Å². The molecule has 0 N–H and O–H groups in total. The molecule has 3 nitrogen and oxygen atoms in total. The molecule has 0 unspecified atom stereocenters. The average molecular weight is 550 g/mol. The van der Waals surface area contributed by atoms with E-state index in [1.165, 1.54) is 60.4 Å². The van der Waals surface area contributed by atoms with Crippen LogP contribution < -0.4 is 4.90 Å². The van der Waals surface area contributed by atoms with E-state index in [4.69, 9.17) is 4.98 Å². The third-order valence-corrected chi connectivity index (χ3v) is 8.79. The molecule has 2 aromatic heterocycles. The Kier molecular flexibility index (Phi) is 5.11. The van der Waals surface area contributed by atoms with Gasteiger partial charge in [0, 0.05) is 33.6 Å². The van der Waals surface area contributed by atoms with E-state index in [1.54, 1.807) is 0 Å². The van der Waals surface area contributed by atoms with E-state index in [9.17, 15) is 0 Å². The van der Waals surface area contributed by atoms with E-state index in [0.29, 0.717) is 0 Å². The summed E-state index contributed by atoms with van der Waals surface area (Å²) < 4.78 is 2.41. The van der Waals surface area contributed by atoms with Gasteiger partial charge in [-0.3, -0.25) is 4.90 Å². The predicted octanol–water partition coefficient (Wildman–Crippen LogP) is 10.8. The fourth-order valence-electron chi connectivity index (χ4n) is 6.87. The molecule has 0 fully saturated rings. The maximum atomic E-state index is 4.89. The molecular weight excluding hydrogens is 522 g/mol. The summed E-state index contributed by atoms with van der Waals surface area (Å²) >= 11 is 0. The van der Waals surface area contributed by atoms with Gasteiger partial charge in [0.1, 0.15) is 5.82 Å². The van der Waals surface area contributed by atoms with Crippen molar-refractivity contribution in [2.24, 2.45) is 0 Å².